The molecule has 2 heteroatoms. The summed E-state index contributed by atoms with van der Waals surface area (Å²) in [5.74, 6) is 1.45. The van der Waals surface area contributed by atoms with Crippen LogP contribution in [0.25, 0.3) is 0 Å². The number of hydrogen-bond acceptors (Lipinski definition) is 2. The van der Waals surface area contributed by atoms with E-state index in [0.29, 0.717) is 12.3 Å². The Hall–Kier alpha value is -1.83. The van der Waals surface area contributed by atoms with Crippen molar-refractivity contribution in [2.45, 2.75) is 25.7 Å². The number of carbonyl (C=O) groups excluding carboxylic acids is 1. The number of esters is 1. The van der Waals surface area contributed by atoms with Crippen molar-refractivity contribution in [1.82, 2.24) is 0 Å². The third kappa shape index (κ3) is 5.04. The summed E-state index contributed by atoms with van der Waals surface area (Å²) in [6.07, 6.45) is 6.71. The number of ether oxygens (including phenoxy) is 1. The Balaban J connectivity index is 2.84. The number of carbonyl (C=O) groups is 1. The molecule has 1 atom stereocenters. The van der Waals surface area contributed by atoms with E-state index in [0.717, 1.165) is 19.3 Å². The Morgan fingerprint density at radius 1 is 1.25 bits per heavy atom. The summed E-state index contributed by atoms with van der Waals surface area (Å²) in [5, 5.41) is 0. The molecule has 0 saturated carbocycles. The van der Waals surface area contributed by atoms with Crippen LogP contribution in [0.1, 0.15) is 31.2 Å². The Morgan fingerprint density at radius 2 is 1.95 bits per heavy atom. The Labute approximate surface area is 122 Å². The molecule has 107 valence electrons. The van der Waals surface area contributed by atoms with Crippen LogP contribution in [0.5, 0.6) is 0 Å². The molecule has 1 rings (SSSR count). The summed E-state index contributed by atoms with van der Waals surface area (Å²) in [4.78, 5) is 11.4. The highest BCUT2D eigenvalue weighted by Gasteiger charge is 2.22. The summed E-state index contributed by atoms with van der Waals surface area (Å²) in [7, 11) is 1.43. The average molecular weight is 271 g/mol. The molecular weight excluding hydrogens is 248 g/mol. The standard InChI is InChI=1S/C18H23O2/c1-4-9-15(13-14-18(19)20-3)17(10-5-2)16-11-7-6-8-12-16/h4-8,11-12,15H,1-2,9-10,13-14H2,3H3. The first-order chi connectivity index (χ1) is 9.72. The summed E-state index contributed by atoms with van der Waals surface area (Å²) in [6.45, 7) is 7.67. The van der Waals surface area contributed by atoms with E-state index in [2.05, 4.69) is 25.3 Å². The molecule has 0 aromatic heterocycles. The van der Waals surface area contributed by atoms with E-state index >= 15 is 0 Å². The van der Waals surface area contributed by atoms with Gasteiger partial charge in [-0.2, -0.15) is 0 Å². The normalized spacial score (nSPS) is 11.9. The van der Waals surface area contributed by atoms with Crippen LogP contribution in [0.4, 0.5) is 0 Å². The number of rotatable bonds is 9. The van der Waals surface area contributed by atoms with Crippen LogP contribution in [0.3, 0.4) is 0 Å². The Morgan fingerprint density at radius 3 is 2.50 bits per heavy atom. The largest absolute Gasteiger partial charge is 0.469 e. The zero-order chi connectivity index (χ0) is 14.8. The average Bonchev–Trinajstić information content (AvgIpc) is 2.50. The quantitative estimate of drug-likeness (QED) is 0.493. The van der Waals surface area contributed by atoms with E-state index < -0.39 is 0 Å². The van der Waals surface area contributed by atoms with Crippen molar-refractivity contribution in [2.75, 3.05) is 7.11 Å². The lowest BCUT2D eigenvalue weighted by molar-refractivity contribution is -0.140. The molecule has 1 aromatic carbocycles. The smallest absolute Gasteiger partial charge is 0.305 e. The Bertz CT molecular complexity index is 422. The van der Waals surface area contributed by atoms with Gasteiger partial charge in [0.2, 0.25) is 0 Å². The zero-order valence-electron chi connectivity index (χ0n) is 12.2. The first-order valence-electron chi connectivity index (χ1n) is 6.92. The number of hydrogen-bond donors (Lipinski definition) is 0. The van der Waals surface area contributed by atoms with E-state index in [1.807, 2.05) is 30.4 Å². The minimum atomic E-state index is -0.162. The molecule has 0 amide bonds. The van der Waals surface area contributed by atoms with Gasteiger partial charge in [-0.1, -0.05) is 42.5 Å². The van der Waals surface area contributed by atoms with E-state index in [4.69, 9.17) is 4.74 Å². The number of benzene rings is 1. The zero-order valence-corrected chi connectivity index (χ0v) is 12.2. The number of allylic oxidation sites excluding steroid dienone is 2. The molecule has 1 unspecified atom stereocenters. The van der Waals surface area contributed by atoms with Crippen molar-refractivity contribution in [3.63, 3.8) is 0 Å². The van der Waals surface area contributed by atoms with Gasteiger partial charge >= 0.3 is 5.97 Å². The fourth-order valence-electron chi connectivity index (χ4n) is 2.36. The molecule has 0 N–H and O–H groups in total. The van der Waals surface area contributed by atoms with Crippen LogP contribution >= 0.6 is 0 Å². The second-order valence-electron chi connectivity index (χ2n) is 4.72. The molecule has 0 aliphatic heterocycles. The van der Waals surface area contributed by atoms with Crippen molar-refractivity contribution >= 4 is 5.97 Å². The highest BCUT2D eigenvalue weighted by atomic mass is 16.5. The lowest BCUT2D eigenvalue weighted by Gasteiger charge is -2.25. The minimum Gasteiger partial charge on any atom is -0.469 e. The molecule has 2 nitrogen and oxygen atoms in total. The molecule has 0 aliphatic rings. The van der Waals surface area contributed by atoms with E-state index in [1.165, 1.54) is 18.6 Å². The maximum absolute atomic E-state index is 11.4. The molecule has 0 aliphatic carbocycles. The van der Waals surface area contributed by atoms with Crippen molar-refractivity contribution in [2.24, 2.45) is 5.92 Å². The summed E-state index contributed by atoms with van der Waals surface area (Å²) in [6, 6.07) is 10.3. The summed E-state index contributed by atoms with van der Waals surface area (Å²) < 4.78 is 4.73. The second-order valence-corrected chi connectivity index (χ2v) is 4.72. The van der Waals surface area contributed by atoms with E-state index in [-0.39, 0.29) is 5.97 Å². The first-order valence-corrected chi connectivity index (χ1v) is 6.92. The summed E-state index contributed by atoms with van der Waals surface area (Å²) in [5.41, 5.74) is 1.21. The fourth-order valence-corrected chi connectivity index (χ4v) is 2.36. The predicted octanol–water partition coefficient (Wildman–Crippen LogP) is 4.33. The van der Waals surface area contributed by atoms with Crippen LogP contribution in [-0.4, -0.2) is 13.1 Å². The fraction of sp³-hybridized carbons (Fsp3) is 0.333. The van der Waals surface area contributed by atoms with Gasteiger partial charge in [0.1, 0.15) is 0 Å². The Kier molecular flexibility index (Phi) is 7.41. The van der Waals surface area contributed by atoms with Crippen LogP contribution in [0.15, 0.2) is 55.6 Å². The van der Waals surface area contributed by atoms with Gasteiger partial charge in [-0.15, -0.1) is 13.2 Å². The van der Waals surface area contributed by atoms with Gasteiger partial charge in [0.05, 0.1) is 7.11 Å². The van der Waals surface area contributed by atoms with Gasteiger partial charge in [0.15, 0.2) is 0 Å². The van der Waals surface area contributed by atoms with E-state index in [9.17, 15) is 4.79 Å². The second kappa shape index (κ2) is 9.13. The third-order valence-corrected chi connectivity index (χ3v) is 3.38. The van der Waals surface area contributed by atoms with Crippen molar-refractivity contribution in [3.8, 4) is 0 Å². The maximum atomic E-state index is 11.4. The molecule has 0 bridgehead atoms. The molecule has 1 radical (unpaired) electrons. The van der Waals surface area contributed by atoms with Gasteiger partial charge in [-0.05, 0) is 30.7 Å². The molecular formula is C18H23O2. The molecule has 0 fully saturated rings. The van der Waals surface area contributed by atoms with Crippen LogP contribution in [-0.2, 0) is 9.53 Å². The molecule has 0 saturated heterocycles. The van der Waals surface area contributed by atoms with Gasteiger partial charge in [0.25, 0.3) is 0 Å². The number of methoxy groups -OCH3 is 1. The van der Waals surface area contributed by atoms with Gasteiger partial charge in [-0.25, -0.2) is 0 Å². The first kappa shape index (κ1) is 16.2. The topological polar surface area (TPSA) is 26.3 Å². The van der Waals surface area contributed by atoms with Crippen molar-refractivity contribution < 1.29 is 9.53 Å². The maximum Gasteiger partial charge on any atom is 0.305 e. The molecule has 0 spiro atoms. The van der Waals surface area contributed by atoms with Crippen molar-refractivity contribution in [3.05, 3.63) is 67.1 Å². The molecule has 20 heavy (non-hydrogen) atoms. The lowest BCUT2D eigenvalue weighted by atomic mass is 9.79. The minimum absolute atomic E-state index is 0.162. The van der Waals surface area contributed by atoms with E-state index in [1.54, 1.807) is 0 Å². The van der Waals surface area contributed by atoms with Crippen LogP contribution in [0, 0.1) is 11.8 Å². The third-order valence-electron chi connectivity index (χ3n) is 3.38. The van der Waals surface area contributed by atoms with Crippen LogP contribution < -0.4 is 0 Å². The van der Waals surface area contributed by atoms with Crippen molar-refractivity contribution in [1.29, 1.82) is 0 Å². The highest BCUT2D eigenvalue weighted by molar-refractivity contribution is 5.69. The van der Waals surface area contributed by atoms with Gasteiger partial charge in [-0.3, -0.25) is 4.79 Å². The molecule has 0 heterocycles. The summed E-state index contributed by atoms with van der Waals surface area (Å²) >= 11 is 0. The SMILES string of the molecule is C=CC[C](c1ccccc1)C(CC=C)CCC(=O)OC. The van der Waals surface area contributed by atoms with Gasteiger partial charge < -0.3 is 4.74 Å². The lowest BCUT2D eigenvalue weighted by Crippen LogP contribution is -2.15. The van der Waals surface area contributed by atoms with Gasteiger partial charge in [0, 0.05) is 12.3 Å². The molecule has 1 aromatic rings. The monoisotopic (exact) mass is 271 g/mol. The highest BCUT2D eigenvalue weighted by Crippen LogP contribution is 2.33. The van der Waals surface area contributed by atoms with Crippen LogP contribution in [0.2, 0.25) is 0 Å². The predicted molar refractivity (Wildman–Crippen MR) is 83.2 cm³/mol.